The number of alkyl halides is 2. The maximum Gasteiger partial charge on any atom is 0.416 e. The molecule has 2 rings (SSSR count). The number of halogens is 5. The van der Waals surface area contributed by atoms with E-state index in [9.17, 15) is 32.1 Å². The highest BCUT2D eigenvalue weighted by Gasteiger charge is 2.57. The molecule has 9 heteroatoms. The second-order valence-electron chi connectivity index (χ2n) is 4.41. The molecular formula is C13H8F5NO3. The van der Waals surface area contributed by atoms with Gasteiger partial charge in [-0.15, -0.1) is 0 Å². The molecule has 1 aromatic carbocycles. The summed E-state index contributed by atoms with van der Waals surface area (Å²) in [7, 11) is 1.22. The average Bonchev–Trinajstić information content (AvgIpc) is 2.49. The molecule has 0 N–H and O–H groups in total. The molecule has 118 valence electrons. The summed E-state index contributed by atoms with van der Waals surface area (Å²) in [6.07, 6.45) is -3.53. The van der Waals surface area contributed by atoms with Crippen molar-refractivity contribution < 1.29 is 31.6 Å². The number of nitrogens with zero attached hydrogens (tertiary/aromatic N) is 1. The summed E-state index contributed by atoms with van der Waals surface area (Å²) in [4.78, 5) is 8.88. The van der Waals surface area contributed by atoms with Crippen molar-refractivity contribution in [2.45, 2.75) is 12.0 Å². The van der Waals surface area contributed by atoms with Crippen molar-refractivity contribution in [2.24, 2.45) is 0 Å². The van der Waals surface area contributed by atoms with E-state index in [1.54, 1.807) is 0 Å². The molecule has 22 heavy (non-hydrogen) atoms. The summed E-state index contributed by atoms with van der Waals surface area (Å²) < 4.78 is 73.1. The minimum Gasteiger partial charge on any atom is -0.497 e. The first-order valence-electron chi connectivity index (χ1n) is 5.82. The first-order valence-corrected chi connectivity index (χ1v) is 5.82. The van der Waals surface area contributed by atoms with Gasteiger partial charge in [-0.2, -0.15) is 4.39 Å². The molecule has 2 unspecified atom stereocenters. The topological polar surface area (TPSA) is 52.4 Å². The van der Waals surface area contributed by atoms with Crippen LogP contribution in [0.2, 0.25) is 0 Å². The van der Waals surface area contributed by atoms with E-state index >= 15 is 0 Å². The summed E-state index contributed by atoms with van der Waals surface area (Å²) in [5.41, 5.74) is -1.74. The lowest BCUT2D eigenvalue weighted by molar-refractivity contribution is -0.597. The Bertz CT molecular complexity index is 703. The van der Waals surface area contributed by atoms with Crippen molar-refractivity contribution in [3.05, 3.63) is 57.4 Å². The number of hydrogen-bond donors (Lipinski definition) is 0. The largest absolute Gasteiger partial charge is 0.497 e. The van der Waals surface area contributed by atoms with Crippen LogP contribution in [0, 0.1) is 15.9 Å². The summed E-state index contributed by atoms with van der Waals surface area (Å²) in [5.74, 6) is -9.33. The molecule has 0 amide bonds. The summed E-state index contributed by atoms with van der Waals surface area (Å²) in [6.45, 7) is 0. The third-order valence-electron chi connectivity index (χ3n) is 3.12. The minimum absolute atomic E-state index is 0.0340. The highest BCUT2D eigenvalue weighted by molar-refractivity contribution is 5.80. The van der Waals surface area contributed by atoms with Crippen LogP contribution in [0.15, 0.2) is 35.9 Å². The van der Waals surface area contributed by atoms with Crippen LogP contribution >= 0.6 is 0 Å². The second-order valence-corrected chi connectivity index (χ2v) is 4.41. The van der Waals surface area contributed by atoms with Crippen molar-refractivity contribution >= 4 is 5.57 Å². The molecule has 0 saturated carbocycles. The van der Waals surface area contributed by atoms with E-state index in [0.717, 1.165) is 18.2 Å². The third kappa shape index (κ3) is 2.32. The minimum atomic E-state index is -4.03. The predicted molar refractivity (Wildman–Crippen MR) is 65.9 cm³/mol. The molecule has 1 aliphatic carbocycles. The molecule has 1 aromatic rings. The highest BCUT2D eigenvalue weighted by atomic mass is 19.2. The lowest BCUT2D eigenvalue weighted by Crippen LogP contribution is -2.43. The fourth-order valence-electron chi connectivity index (χ4n) is 1.94. The van der Waals surface area contributed by atoms with E-state index in [4.69, 9.17) is 4.74 Å². The molecule has 0 saturated heterocycles. The van der Waals surface area contributed by atoms with Gasteiger partial charge in [-0.25, -0.2) is 17.6 Å². The third-order valence-corrected chi connectivity index (χ3v) is 3.12. The van der Waals surface area contributed by atoms with Gasteiger partial charge in [0.1, 0.15) is 11.6 Å². The molecule has 0 spiro atoms. The van der Waals surface area contributed by atoms with Crippen molar-refractivity contribution in [2.75, 3.05) is 7.11 Å². The van der Waals surface area contributed by atoms with Crippen LogP contribution in [0.4, 0.5) is 22.0 Å². The number of allylic oxidation sites excluding steroid dienone is 2. The van der Waals surface area contributed by atoms with Gasteiger partial charge in [0.15, 0.2) is 11.7 Å². The Balaban J connectivity index is 2.65. The fraction of sp³-hybridized carbons (Fsp3) is 0.231. The first kappa shape index (κ1) is 15.9. The Labute approximate surface area is 120 Å². The van der Waals surface area contributed by atoms with Crippen LogP contribution < -0.4 is 4.74 Å². The number of ether oxygens (including phenoxy) is 1. The smallest absolute Gasteiger partial charge is 0.416 e. The van der Waals surface area contributed by atoms with Gasteiger partial charge in [-0.3, -0.25) is 10.1 Å². The Morgan fingerprint density at radius 1 is 1.32 bits per heavy atom. The van der Waals surface area contributed by atoms with Crippen molar-refractivity contribution in [3.63, 3.8) is 0 Å². The van der Waals surface area contributed by atoms with Crippen molar-refractivity contribution in [3.8, 4) is 5.75 Å². The lowest BCUT2D eigenvalue weighted by atomic mass is 9.92. The van der Waals surface area contributed by atoms with Gasteiger partial charge >= 0.3 is 5.79 Å². The molecule has 0 radical (unpaired) electrons. The lowest BCUT2D eigenvalue weighted by Gasteiger charge is -2.23. The van der Waals surface area contributed by atoms with E-state index in [2.05, 4.69) is 0 Å². The highest BCUT2D eigenvalue weighted by Crippen LogP contribution is 2.43. The van der Waals surface area contributed by atoms with Gasteiger partial charge in [0.25, 0.3) is 6.17 Å². The fourth-order valence-corrected chi connectivity index (χ4v) is 1.94. The average molecular weight is 321 g/mol. The SMILES string of the molecule is COc1ccc(C2=CC(F)([N+](=O)[O-])C(F)C(F)=C2F)c(F)c1. The van der Waals surface area contributed by atoms with Gasteiger partial charge < -0.3 is 4.74 Å². The summed E-state index contributed by atoms with van der Waals surface area (Å²) in [5, 5.41) is 10.6. The molecule has 4 nitrogen and oxygen atoms in total. The summed E-state index contributed by atoms with van der Waals surface area (Å²) >= 11 is 0. The molecule has 0 heterocycles. The van der Waals surface area contributed by atoms with Crippen molar-refractivity contribution in [1.29, 1.82) is 0 Å². The zero-order valence-corrected chi connectivity index (χ0v) is 10.9. The van der Waals surface area contributed by atoms with Crippen molar-refractivity contribution in [1.82, 2.24) is 0 Å². The van der Waals surface area contributed by atoms with Crippen LogP contribution in [0.5, 0.6) is 5.75 Å². The van der Waals surface area contributed by atoms with E-state index in [0.29, 0.717) is 0 Å². The predicted octanol–water partition coefficient (Wildman–Crippen LogP) is 3.66. The normalized spacial score (nSPS) is 25.0. The van der Waals surface area contributed by atoms with Crippen LogP contribution in [0.25, 0.3) is 5.57 Å². The Hall–Kier alpha value is -2.45. The Morgan fingerprint density at radius 3 is 2.45 bits per heavy atom. The molecule has 0 fully saturated rings. The molecule has 2 atom stereocenters. The van der Waals surface area contributed by atoms with Gasteiger partial charge in [0.05, 0.1) is 12.0 Å². The zero-order valence-electron chi connectivity index (χ0n) is 10.9. The van der Waals surface area contributed by atoms with E-state index < -0.39 is 45.5 Å². The van der Waals surface area contributed by atoms with Gasteiger partial charge in [0.2, 0.25) is 0 Å². The number of hydrogen-bond acceptors (Lipinski definition) is 3. The van der Waals surface area contributed by atoms with Gasteiger partial charge in [0, 0.05) is 23.3 Å². The second kappa shape index (κ2) is 5.39. The number of benzene rings is 1. The van der Waals surface area contributed by atoms with Gasteiger partial charge in [-0.1, -0.05) is 0 Å². The van der Waals surface area contributed by atoms with Crippen LogP contribution in [-0.2, 0) is 0 Å². The van der Waals surface area contributed by atoms with Crippen LogP contribution in [-0.4, -0.2) is 24.0 Å². The maximum absolute atomic E-state index is 14.0. The quantitative estimate of drug-likeness (QED) is 0.369. The Kier molecular flexibility index (Phi) is 3.90. The standard InChI is InChI=1S/C13H8F5NO3/c1-22-6-2-3-7(9(14)4-6)8-5-13(18,19(20)21)12(17)11(16)10(8)15/h2-5,12H,1H3. The number of methoxy groups -OCH3 is 1. The van der Waals surface area contributed by atoms with E-state index in [-0.39, 0.29) is 11.8 Å². The van der Waals surface area contributed by atoms with E-state index in [1.165, 1.54) is 7.11 Å². The van der Waals surface area contributed by atoms with Crippen LogP contribution in [0.3, 0.4) is 0 Å². The molecule has 0 aliphatic heterocycles. The zero-order chi connectivity index (χ0) is 16.7. The first-order chi connectivity index (χ1) is 10.2. The number of nitro groups is 1. The summed E-state index contributed by atoms with van der Waals surface area (Å²) in [6, 6.07) is 2.85. The molecule has 1 aliphatic rings. The molecule has 0 aromatic heterocycles. The maximum atomic E-state index is 14.0. The van der Waals surface area contributed by atoms with Gasteiger partial charge in [-0.05, 0) is 12.1 Å². The monoisotopic (exact) mass is 321 g/mol. The Morgan fingerprint density at radius 2 is 1.95 bits per heavy atom. The van der Waals surface area contributed by atoms with Crippen LogP contribution in [0.1, 0.15) is 5.56 Å². The molecular weight excluding hydrogens is 313 g/mol. The number of rotatable bonds is 3. The molecule has 0 bridgehead atoms. The van der Waals surface area contributed by atoms with E-state index in [1.807, 2.05) is 0 Å².